The number of piperazine rings is 1. The first-order valence-electron chi connectivity index (χ1n) is 9.75. The van der Waals surface area contributed by atoms with Crippen molar-refractivity contribution in [2.24, 2.45) is 0 Å². The molecular weight excluding hydrogens is 390 g/mol. The molecule has 0 spiro atoms. The first-order chi connectivity index (χ1) is 14.0. The Labute approximate surface area is 173 Å². The van der Waals surface area contributed by atoms with Crippen LogP contribution < -0.4 is 4.74 Å². The Kier molecular flexibility index (Phi) is 5.42. The maximum Gasteiger partial charge on any atom is 0.230 e. The largest absolute Gasteiger partial charge is 0.494 e. The molecule has 4 rings (SSSR count). The molecule has 1 saturated heterocycles. The number of carbonyl (C=O) groups is 1. The van der Waals surface area contributed by atoms with Gasteiger partial charge in [0.15, 0.2) is 0 Å². The second kappa shape index (κ2) is 8.00. The molecule has 2 aromatic heterocycles. The summed E-state index contributed by atoms with van der Waals surface area (Å²) in [4.78, 5) is 21.8. The molecule has 29 heavy (non-hydrogen) atoms. The van der Waals surface area contributed by atoms with E-state index in [9.17, 15) is 9.90 Å². The molecule has 1 aliphatic rings. The Bertz CT molecular complexity index is 1010. The zero-order valence-electron chi connectivity index (χ0n) is 16.8. The lowest BCUT2D eigenvalue weighted by atomic mass is 10.0. The molecule has 1 amide bonds. The first-order valence-corrected chi connectivity index (χ1v) is 10.6. The molecule has 1 aliphatic heterocycles. The highest BCUT2D eigenvalue weighted by atomic mass is 32.1. The molecule has 3 aromatic rings. The van der Waals surface area contributed by atoms with Gasteiger partial charge in [-0.15, -0.1) is 5.10 Å². The quantitative estimate of drug-likeness (QED) is 0.689. The van der Waals surface area contributed by atoms with Gasteiger partial charge in [0.25, 0.3) is 0 Å². The molecule has 154 valence electrons. The number of aromatic nitrogens is 3. The summed E-state index contributed by atoms with van der Waals surface area (Å²) in [5.74, 6) is 1.67. The Balaban J connectivity index is 1.71. The average molecular weight is 416 g/mol. The van der Waals surface area contributed by atoms with Crippen molar-refractivity contribution >= 4 is 22.2 Å². The lowest BCUT2D eigenvalue weighted by molar-refractivity contribution is -0.130. The molecule has 3 heterocycles. The summed E-state index contributed by atoms with van der Waals surface area (Å²) in [6.45, 7) is 8.78. The number of rotatable bonds is 5. The number of benzene rings is 1. The van der Waals surface area contributed by atoms with Gasteiger partial charge >= 0.3 is 0 Å². The van der Waals surface area contributed by atoms with Crippen molar-refractivity contribution in [1.82, 2.24) is 24.4 Å². The maximum absolute atomic E-state index is 11.7. The molecule has 0 radical (unpaired) electrons. The zero-order valence-corrected chi connectivity index (χ0v) is 17.6. The molecule has 0 bridgehead atoms. The predicted molar refractivity (Wildman–Crippen MR) is 111 cm³/mol. The van der Waals surface area contributed by atoms with E-state index in [4.69, 9.17) is 4.74 Å². The van der Waals surface area contributed by atoms with Crippen LogP contribution in [-0.4, -0.2) is 68.2 Å². The lowest BCUT2D eigenvalue weighted by Gasteiger charge is -2.38. The van der Waals surface area contributed by atoms with E-state index in [1.54, 1.807) is 6.92 Å². The van der Waals surface area contributed by atoms with Gasteiger partial charge in [0.2, 0.25) is 16.7 Å². The fraction of sp³-hybridized carbons (Fsp3) is 0.450. The normalized spacial score (nSPS) is 16.3. The van der Waals surface area contributed by atoms with Gasteiger partial charge in [-0.3, -0.25) is 9.69 Å². The number of carbonyl (C=O) groups excluding carboxylic acids is 1. The van der Waals surface area contributed by atoms with Gasteiger partial charge in [-0.1, -0.05) is 23.5 Å². The Hall–Kier alpha value is -2.65. The third kappa shape index (κ3) is 3.79. The van der Waals surface area contributed by atoms with E-state index in [0.717, 1.165) is 29.3 Å². The first kappa shape index (κ1) is 19.7. The van der Waals surface area contributed by atoms with Crippen LogP contribution in [-0.2, 0) is 4.79 Å². The zero-order chi connectivity index (χ0) is 20.5. The van der Waals surface area contributed by atoms with E-state index in [1.165, 1.54) is 15.9 Å². The summed E-state index contributed by atoms with van der Waals surface area (Å²) < 4.78 is 7.08. The van der Waals surface area contributed by atoms with Crippen LogP contribution >= 0.6 is 11.3 Å². The van der Waals surface area contributed by atoms with Crippen molar-refractivity contribution in [3.63, 3.8) is 0 Å². The van der Waals surface area contributed by atoms with Gasteiger partial charge in [-0.25, -0.2) is 4.98 Å². The third-order valence-corrected chi connectivity index (χ3v) is 6.26. The van der Waals surface area contributed by atoms with Crippen molar-refractivity contribution in [2.75, 3.05) is 32.8 Å². The number of hydrogen-bond donors (Lipinski definition) is 1. The molecule has 9 heteroatoms. The average Bonchev–Trinajstić information content (AvgIpc) is 3.21. The minimum absolute atomic E-state index is 0.0967. The van der Waals surface area contributed by atoms with Gasteiger partial charge in [-0.05, 0) is 31.5 Å². The highest BCUT2D eigenvalue weighted by Gasteiger charge is 2.32. The highest BCUT2D eigenvalue weighted by Crippen LogP contribution is 2.40. The smallest absolute Gasteiger partial charge is 0.230 e. The molecule has 1 aromatic carbocycles. The van der Waals surface area contributed by atoms with Gasteiger partial charge in [0.05, 0.1) is 17.5 Å². The third-order valence-electron chi connectivity index (χ3n) is 5.19. The molecule has 8 nitrogen and oxygen atoms in total. The van der Waals surface area contributed by atoms with Crippen LogP contribution in [0.1, 0.15) is 36.2 Å². The molecule has 0 saturated carbocycles. The van der Waals surface area contributed by atoms with E-state index >= 15 is 0 Å². The van der Waals surface area contributed by atoms with E-state index in [-0.39, 0.29) is 17.8 Å². The Morgan fingerprint density at radius 3 is 2.52 bits per heavy atom. The SMILES string of the molecule is CCOc1ccc(C(c2sc3nc(C)nn3c2O)N2CCN(C(C)=O)CC2)cc1. The summed E-state index contributed by atoms with van der Waals surface area (Å²) in [5, 5.41) is 15.2. The van der Waals surface area contributed by atoms with Gasteiger partial charge in [-0.2, -0.15) is 4.52 Å². The van der Waals surface area contributed by atoms with Crippen LogP contribution in [0.4, 0.5) is 0 Å². The standard InChI is InChI=1S/C20H25N5O3S/c1-4-28-16-7-5-15(6-8-16)17(24-11-9-23(10-12-24)14(3)26)18-19(27)25-20(29-18)21-13(2)22-25/h5-8,17,27H,4,9-12H2,1-3H3. The molecule has 1 fully saturated rings. The minimum atomic E-state index is -0.145. The van der Waals surface area contributed by atoms with Gasteiger partial charge in [0.1, 0.15) is 11.6 Å². The van der Waals surface area contributed by atoms with Crippen molar-refractivity contribution in [3.8, 4) is 11.6 Å². The van der Waals surface area contributed by atoms with E-state index in [2.05, 4.69) is 15.0 Å². The van der Waals surface area contributed by atoms with Crippen molar-refractivity contribution in [1.29, 1.82) is 0 Å². The maximum atomic E-state index is 11.7. The van der Waals surface area contributed by atoms with Crippen molar-refractivity contribution in [2.45, 2.75) is 26.8 Å². The molecule has 0 aliphatic carbocycles. The van der Waals surface area contributed by atoms with Crippen LogP contribution in [0.15, 0.2) is 24.3 Å². The van der Waals surface area contributed by atoms with Crippen LogP contribution in [0.3, 0.4) is 0 Å². The van der Waals surface area contributed by atoms with E-state index < -0.39 is 0 Å². The number of aryl methyl sites for hydroxylation is 1. The number of nitrogens with zero attached hydrogens (tertiary/aromatic N) is 5. The summed E-state index contributed by atoms with van der Waals surface area (Å²) >= 11 is 1.45. The molecule has 1 atom stereocenters. The number of thiazole rings is 1. The summed E-state index contributed by atoms with van der Waals surface area (Å²) in [6.07, 6.45) is 0. The van der Waals surface area contributed by atoms with Crippen molar-refractivity contribution < 1.29 is 14.6 Å². The molecular formula is C20H25N5O3S. The van der Waals surface area contributed by atoms with Crippen molar-refractivity contribution in [3.05, 3.63) is 40.5 Å². The molecule has 1 N–H and O–H groups in total. The number of hydrogen-bond acceptors (Lipinski definition) is 7. The second-order valence-corrected chi connectivity index (χ2v) is 8.10. The van der Waals surface area contributed by atoms with Gasteiger partial charge in [0, 0.05) is 33.1 Å². The topological polar surface area (TPSA) is 83.2 Å². The number of ether oxygens (including phenoxy) is 1. The molecule has 1 unspecified atom stereocenters. The van der Waals surface area contributed by atoms with Crippen LogP contribution in [0.25, 0.3) is 4.96 Å². The number of fused-ring (bicyclic) bond motifs is 1. The minimum Gasteiger partial charge on any atom is -0.494 e. The van der Waals surface area contributed by atoms with E-state index in [1.807, 2.05) is 43.0 Å². The summed E-state index contributed by atoms with van der Waals surface area (Å²) in [6, 6.07) is 7.83. The van der Waals surface area contributed by atoms with Crippen LogP contribution in [0, 0.1) is 6.92 Å². The van der Waals surface area contributed by atoms with E-state index in [0.29, 0.717) is 30.5 Å². The van der Waals surface area contributed by atoms with Crippen LogP contribution in [0.2, 0.25) is 0 Å². The fourth-order valence-electron chi connectivity index (χ4n) is 3.76. The van der Waals surface area contributed by atoms with Crippen LogP contribution in [0.5, 0.6) is 11.6 Å². The summed E-state index contributed by atoms with van der Waals surface area (Å²) in [7, 11) is 0. The second-order valence-electron chi connectivity index (χ2n) is 7.09. The highest BCUT2D eigenvalue weighted by molar-refractivity contribution is 7.17. The van der Waals surface area contributed by atoms with Gasteiger partial charge < -0.3 is 14.7 Å². The fourth-order valence-corrected chi connectivity index (χ4v) is 4.92. The Morgan fingerprint density at radius 2 is 1.93 bits per heavy atom. The number of aromatic hydroxyl groups is 1. The lowest BCUT2D eigenvalue weighted by Crippen LogP contribution is -2.49. The monoisotopic (exact) mass is 415 g/mol. The number of amides is 1. The Morgan fingerprint density at radius 1 is 1.24 bits per heavy atom. The summed E-state index contributed by atoms with van der Waals surface area (Å²) in [5.41, 5.74) is 1.06. The predicted octanol–water partition coefficient (Wildman–Crippen LogP) is 2.46.